The number of carboxylic acid groups (broad SMARTS) is 1. The lowest BCUT2D eigenvalue weighted by atomic mass is 10.1. The second-order valence-corrected chi connectivity index (χ2v) is 5.24. The summed E-state index contributed by atoms with van der Waals surface area (Å²) in [6.45, 7) is 4.67. The highest BCUT2D eigenvalue weighted by atomic mass is 16.7. The molecule has 1 heterocycles. The average molecular weight is 305 g/mol. The number of hydrogen-bond acceptors (Lipinski definition) is 6. The van der Waals surface area contributed by atoms with E-state index in [1.807, 2.05) is 0 Å². The lowest BCUT2D eigenvalue weighted by Gasteiger charge is -2.29. The number of esters is 2. The summed E-state index contributed by atoms with van der Waals surface area (Å²) in [4.78, 5) is 34.7. The Morgan fingerprint density at radius 1 is 1.23 bits per heavy atom. The van der Waals surface area contributed by atoms with Crippen molar-refractivity contribution in [2.24, 2.45) is 0 Å². The van der Waals surface area contributed by atoms with E-state index >= 15 is 0 Å². The highest BCUT2D eigenvalue weighted by Gasteiger charge is 2.38. The Hall–Kier alpha value is -2.83. The second-order valence-electron chi connectivity index (χ2n) is 5.24. The van der Waals surface area contributed by atoms with Gasteiger partial charge in [-0.1, -0.05) is 6.07 Å². The van der Waals surface area contributed by atoms with E-state index in [0.717, 1.165) is 11.8 Å². The number of ether oxygens (including phenoxy) is 2. The van der Waals surface area contributed by atoms with Crippen LogP contribution in [0.1, 0.15) is 29.8 Å². The largest absolute Gasteiger partial charge is 0.478 e. The lowest BCUT2D eigenvalue weighted by Crippen LogP contribution is -2.42. The Morgan fingerprint density at radius 3 is 2.36 bits per heavy atom. The first-order chi connectivity index (χ1) is 10.2. The van der Waals surface area contributed by atoms with E-state index in [-0.39, 0.29) is 16.8 Å². The fourth-order valence-corrected chi connectivity index (χ4v) is 1.89. The number of anilines is 1. The number of benzene rings is 1. The number of nitrogens with one attached hydrogen (secondary N) is 1. The minimum atomic E-state index is -1.32. The van der Waals surface area contributed by atoms with Crippen LogP contribution in [0.15, 0.2) is 30.0 Å². The Balaban J connectivity index is 2.29. The third-order valence-electron chi connectivity index (χ3n) is 2.89. The summed E-state index contributed by atoms with van der Waals surface area (Å²) >= 11 is 0. The molecule has 0 aliphatic carbocycles. The zero-order valence-corrected chi connectivity index (χ0v) is 12.3. The Morgan fingerprint density at radius 2 is 1.82 bits per heavy atom. The summed E-state index contributed by atoms with van der Waals surface area (Å²) in [5, 5.41) is 11.8. The molecule has 0 amide bonds. The van der Waals surface area contributed by atoms with Gasteiger partial charge < -0.3 is 19.9 Å². The van der Waals surface area contributed by atoms with E-state index in [0.29, 0.717) is 0 Å². The van der Waals surface area contributed by atoms with Crippen molar-refractivity contribution in [2.45, 2.75) is 26.6 Å². The van der Waals surface area contributed by atoms with Crippen LogP contribution in [0.2, 0.25) is 0 Å². The number of rotatable bonds is 3. The van der Waals surface area contributed by atoms with Crippen molar-refractivity contribution in [3.8, 4) is 0 Å². The van der Waals surface area contributed by atoms with Gasteiger partial charge in [-0.15, -0.1) is 0 Å². The minimum absolute atomic E-state index is 0.0142. The fraction of sp³-hybridized carbons (Fsp3) is 0.267. The van der Waals surface area contributed by atoms with Gasteiger partial charge in [-0.25, -0.2) is 14.4 Å². The van der Waals surface area contributed by atoms with E-state index in [1.54, 1.807) is 19.1 Å². The fourth-order valence-electron chi connectivity index (χ4n) is 1.89. The molecule has 1 fully saturated rings. The summed E-state index contributed by atoms with van der Waals surface area (Å²) in [6.07, 6.45) is 1.08. The Labute approximate surface area is 126 Å². The van der Waals surface area contributed by atoms with Crippen LogP contribution in [0.25, 0.3) is 0 Å². The topological polar surface area (TPSA) is 102 Å². The molecular weight excluding hydrogens is 290 g/mol. The van der Waals surface area contributed by atoms with Crippen LogP contribution in [-0.2, 0) is 19.1 Å². The molecule has 7 heteroatoms. The molecule has 0 saturated carbocycles. The number of aryl methyl sites for hydroxylation is 1. The first kappa shape index (κ1) is 15.6. The van der Waals surface area contributed by atoms with Crippen LogP contribution < -0.4 is 5.32 Å². The molecule has 0 aromatic heterocycles. The Bertz CT molecular complexity index is 667. The van der Waals surface area contributed by atoms with Crippen LogP contribution in [0, 0.1) is 6.92 Å². The van der Waals surface area contributed by atoms with Crippen molar-refractivity contribution in [1.82, 2.24) is 0 Å². The molecule has 116 valence electrons. The van der Waals surface area contributed by atoms with Gasteiger partial charge in [0.2, 0.25) is 0 Å². The summed E-state index contributed by atoms with van der Waals surface area (Å²) in [5.41, 5.74) is 0.753. The second kappa shape index (κ2) is 5.51. The number of hydrogen-bond donors (Lipinski definition) is 2. The average Bonchev–Trinajstić information content (AvgIpc) is 2.35. The SMILES string of the molecule is Cc1ccc(C(=O)O)c(NC=C2C(=O)OC(C)(C)OC2=O)c1. The molecule has 7 nitrogen and oxygen atoms in total. The maximum atomic E-state index is 11.8. The molecule has 2 rings (SSSR count). The van der Waals surface area contributed by atoms with E-state index in [9.17, 15) is 14.4 Å². The van der Waals surface area contributed by atoms with Gasteiger partial charge >= 0.3 is 17.9 Å². The van der Waals surface area contributed by atoms with Gasteiger partial charge in [0.15, 0.2) is 5.57 Å². The summed E-state index contributed by atoms with van der Waals surface area (Å²) < 4.78 is 9.88. The Kier molecular flexibility index (Phi) is 3.90. The number of aromatic carboxylic acids is 1. The number of carbonyl (C=O) groups excluding carboxylic acids is 2. The van der Waals surface area contributed by atoms with Crippen LogP contribution in [0.4, 0.5) is 5.69 Å². The molecule has 1 saturated heterocycles. The van der Waals surface area contributed by atoms with Crippen LogP contribution in [0.5, 0.6) is 0 Å². The number of carboxylic acids is 1. The minimum Gasteiger partial charge on any atom is -0.478 e. The lowest BCUT2D eigenvalue weighted by molar-refractivity contribution is -0.222. The van der Waals surface area contributed by atoms with Crippen molar-refractivity contribution in [3.05, 3.63) is 41.1 Å². The molecule has 1 aliphatic rings. The maximum absolute atomic E-state index is 11.8. The summed E-state index contributed by atoms with van der Waals surface area (Å²) in [6, 6.07) is 4.66. The zero-order chi connectivity index (χ0) is 16.5. The smallest absolute Gasteiger partial charge is 0.350 e. The molecule has 1 aliphatic heterocycles. The first-order valence-electron chi connectivity index (χ1n) is 6.47. The molecule has 0 bridgehead atoms. The quantitative estimate of drug-likeness (QED) is 0.499. The van der Waals surface area contributed by atoms with Crippen LogP contribution in [0.3, 0.4) is 0 Å². The van der Waals surface area contributed by atoms with E-state index in [4.69, 9.17) is 14.6 Å². The molecule has 2 N–H and O–H groups in total. The van der Waals surface area contributed by atoms with Crippen molar-refractivity contribution in [2.75, 3.05) is 5.32 Å². The molecule has 1 aromatic rings. The third kappa shape index (κ3) is 3.25. The molecule has 0 radical (unpaired) electrons. The molecule has 0 spiro atoms. The van der Waals surface area contributed by atoms with E-state index in [1.165, 1.54) is 19.9 Å². The molecule has 0 atom stereocenters. The number of carbonyl (C=O) groups is 3. The maximum Gasteiger partial charge on any atom is 0.350 e. The molecule has 22 heavy (non-hydrogen) atoms. The highest BCUT2D eigenvalue weighted by Crippen LogP contribution is 2.23. The summed E-state index contributed by atoms with van der Waals surface area (Å²) in [5.74, 6) is -4.12. The first-order valence-corrected chi connectivity index (χ1v) is 6.47. The van der Waals surface area contributed by atoms with Gasteiger partial charge in [0.25, 0.3) is 5.79 Å². The predicted octanol–water partition coefficient (Wildman–Crippen LogP) is 1.83. The normalized spacial score (nSPS) is 16.6. The van der Waals surface area contributed by atoms with E-state index < -0.39 is 23.7 Å². The van der Waals surface area contributed by atoms with Gasteiger partial charge in [-0.3, -0.25) is 0 Å². The van der Waals surface area contributed by atoms with Gasteiger partial charge in [0, 0.05) is 20.0 Å². The monoisotopic (exact) mass is 305 g/mol. The standard InChI is InChI=1S/C15H15NO6/c1-8-4-5-9(12(17)18)11(6-8)16-7-10-13(19)21-15(2,3)22-14(10)20/h4-7,16H,1-3H3,(H,17,18). The van der Waals surface area contributed by atoms with Crippen molar-refractivity contribution >= 4 is 23.6 Å². The predicted molar refractivity (Wildman–Crippen MR) is 76.1 cm³/mol. The van der Waals surface area contributed by atoms with Crippen LogP contribution in [-0.4, -0.2) is 28.8 Å². The van der Waals surface area contributed by atoms with Crippen molar-refractivity contribution < 1.29 is 29.0 Å². The highest BCUT2D eigenvalue weighted by molar-refractivity contribution is 6.15. The molecule has 0 unspecified atom stereocenters. The van der Waals surface area contributed by atoms with Crippen LogP contribution >= 0.6 is 0 Å². The zero-order valence-electron chi connectivity index (χ0n) is 12.3. The van der Waals surface area contributed by atoms with Gasteiger partial charge in [-0.2, -0.15) is 0 Å². The summed E-state index contributed by atoms with van der Waals surface area (Å²) in [7, 11) is 0. The van der Waals surface area contributed by atoms with Crippen molar-refractivity contribution in [3.63, 3.8) is 0 Å². The van der Waals surface area contributed by atoms with Gasteiger partial charge in [-0.05, 0) is 24.6 Å². The number of cyclic esters (lactones) is 2. The van der Waals surface area contributed by atoms with Crippen molar-refractivity contribution in [1.29, 1.82) is 0 Å². The van der Waals surface area contributed by atoms with Gasteiger partial charge in [0.05, 0.1) is 11.3 Å². The third-order valence-corrected chi connectivity index (χ3v) is 2.89. The van der Waals surface area contributed by atoms with Gasteiger partial charge in [0.1, 0.15) is 0 Å². The van der Waals surface area contributed by atoms with E-state index in [2.05, 4.69) is 5.32 Å². The molecular formula is C15H15NO6. The molecule has 1 aromatic carbocycles.